The van der Waals surface area contributed by atoms with Crippen molar-refractivity contribution >= 4 is 11.5 Å². The highest BCUT2D eigenvalue weighted by molar-refractivity contribution is 5.74. The van der Waals surface area contributed by atoms with Gasteiger partial charge in [-0.3, -0.25) is 5.10 Å². The van der Waals surface area contributed by atoms with Gasteiger partial charge in [-0.15, -0.1) is 0 Å². The fourth-order valence-corrected chi connectivity index (χ4v) is 1.22. The van der Waals surface area contributed by atoms with Gasteiger partial charge in [-0.1, -0.05) is 18.2 Å². The minimum Gasteiger partial charge on any atom is -0.398 e. The number of aromatic amines is 1. The summed E-state index contributed by atoms with van der Waals surface area (Å²) in [5.41, 5.74) is 13.7. The second-order valence-corrected chi connectivity index (χ2v) is 2.79. The fourth-order valence-electron chi connectivity index (χ4n) is 1.22. The average Bonchev–Trinajstić information content (AvgIpc) is 2.53. The van der Waals surface area contributed by atoms with Crippen molar-refractivity contribution in [3.63, 3.8) is 0 Å². The summed E-state index contributed by atoms with van der Waals surface area (Å²) >= 11 is 0. The molecule has 4 nitrogen and oxygen atoms in total. The monoisotopic (exact) mass is 174 g/mol. The number of para-hydroxylation sites is 1. The largest absolute Gasteiger partial charge is 0.398 e. The Bertz CT molecular complexity index is 419. The van der Waals surface area contributed by atoms with Gasteiger partial charge in [-0.25, -0.2) is 0 Å². The summed E-state index contributed by atoms with van der Waals surface area (Å²) in [7, 11) is 0. The molecule has 0 unspecified atom stereocenters. The molecule has 2 aromatic rings. The number of nitrogens with zero attached hydrogens (tertiary/aromatic N) is 1. The molecule has 1 aromatic carbocycles. The van der Waals surface area contributed by atoms with Gasteiger partial charge in [0.15, 0.2) is 0 Å². The van der Waals surface area contributed by atoms with Gasteiger partial charge in [0, 0.05) is 17.3 Å². The number of nitrogens with two attached hydrogens (primary N) is 2. The fraction of sp³-hybridized carbons (Fsp3) is 0. The van der Waals surface area contributed by atoms with Gasteiger partial charge in [0.05, 0.1) is 5.69 Å². The zero-order valence-corrected chi connectivity index (χ0v) is 6.99. The van der Waals surface area contributed by atoms with Crippen LogP contribution in [0.4, 0.5) is 11.5 Å². The predicted octanol–water partition coefficient (Wildman–Crippen LogP) is 1.24. The van der Waals surface area contributed by atoms with E-state index in [1.54, 1.807) is 6.07 Å². The highest BCUT2D eigenvalue weighted by atomic mass is 15.2. The van der Waals surface area contributed by atoms with Crippen molar-refractivity contribution in [3.05, 3.63) is 30.3 Å². The number of hydrogen-bond acceptors (Lipinski definition) is 3. The van der Waals surface area contributed by atoms with Crippen molar-refractivity contribution in [1.82, 2.24) is 10.2 Å². The second kappa shape index (κ2) is 2.82. The molecule has 0 amide bonds. The van der Waals surface area contributed by atoms with Crippen LogP contribution in [0.2, 0.25) is 0 Å². The van der Waals surface area contributed by atoms with E-state index in [4.69, 9.17) is 11.5 Å². The Morgan fingerprint density at radius 2 is 1.92 bits per heavy atom. The molecule has 0 saturated heterocycles. The van der Waals surface area contributed by atoms with Gasteiger partial charge in [0.25, 0.3) is 0 Å². The third-order valence-corrected chi connectivity index (χ3v) is 1.85. The summed E-state index contributed by atoms with van der Waals surface area (Å²) in [5.74, 6) is 0.471. The van der Waals surface area contributed by atoms with Crippen molar-refractivity contribution in [2.45, 2.75) is 0 Å². The SMILES string of the molecule is Nc1cc(-c2ccccc2N)[nH]n1. The van der Waals surface area contributed by atoms with Crippen LogP contribution < -0.4 is 11.5 Å². The van der Waals surface area contributed by atoms with Crippen LogP contribution in [0.3, 0.4) is 0 Å². The highest BCUT2D eigenvalue weighted by Crippen LogP contribution is 2.24. The lowest BCUT2D eigenvalue weighted by Gasteiger charge is -2.00. The lowest BCUT2D eigenvalue weighted by Crippen LogP contribution is -1.88. The summed E-state index contributed by atoms with van der Waals surface area (Å²) in [6.07, 6.45) is 0. The third kappa shape index (κ3) is 1.33. The molecular formula is C9H10N4. The maximum Gasteiger partial charge on any atom is 0.145 e. The number of hydrogen-bond donors (Lipinski definition) is 3. The molecule has 1 aromatic heterocycles. The number of rotatable bonds is 1. The van der Waals surface area contributed by atoms with Crippen molar-refractivity contribution < 1.29 is 0 Å². The number of nitrogen functional groups attached to an aromatic ring is 2. The standard InChI is InChI=1S/C9H10N4/c10-7-4-2-1-3-6(7)8-5-9(11)13-12-8/h1-5H,10H2,(H3,11,12,13). The Labute approximate surface area is 75.6 Å². The van der Waals surface area contributed by atoms with Gasteiger partial charge in [-0.2, -0.15) is 5.10 Å². The molecule has 0 radical (unpaired) electrons. The number of anilines is 2. The Balaban J connectivity index is 2.52. The van der Waals surface area contributed by atoms with Crippen LogP contribution >= 0.6 is 0 Å². The molecule has 0 fully saturated rings. The molecular weight excluding hydrogens is 164 g/mol. The van der Waals surface area contributed by atoms with Gasteiger partial charge < -0.3 is 11.5 Å². The molecule has 0 aliphatic carbocycles. The van der Waals surface area contributed by atoms with E-state index in [0.717, 1.165) is 11.3 Å². The van der Waals surface area contributed by atoms with Crippen LogP contribution in [0.5, 0.6) is 0 Å². The zero-order chi connectivity index (χ0) is 9.26. The Kier molecular flexibility index (Phi) is 1.66. The minimum atomic E-state index is 0.471. The lowest BCUT2D eigenvalue weighted by atomic mass is 10.1. The van der Waals surface area contributed by atoms with E-state index in [1.807, 2.05) is 24.3 Å². The third-order valence-electron chi connectivity index (χ3n) is 1.85. The van der Waals surface area contributed by atoms with Gasteiger partial charge in [-0.05, 0) is 6.07 Å². The molecule has 0 aliphatic heterocycles. The van der Waals surface area contributed by atoms with E-state index in [2.05, 4.69) is 10.2 Å². The van der Waals surface area contributed by atoms with E-state index < -0.39 is 0 Å². The number of H-pyrrole nitrogens is 1. The minimum absolute atomic E-state index is 0.471. The first-order valence-corrected chi connectivity index (χ1v) is 3.93. The zero-order valence-electron chi connectivity index (χ0n) is 6.99. The number of nitrogens with one attached hydrogen (secondary N) is 1. The predicted molar refractivity (Wildman–Crippen MR) is 52.8 cm³/mol. The molecule has 13 heavy (non-hydrogen) atoms. The van der Waals surface area contributed by atoms with Crippen LogP contribution in [0.25, 0.3) is 11.3 Å². The van der Waals surface area contributed by atoms with E-state index >= 15 is 0 Å². The van der Waals surface area contributed by atoms with E-state index in [9.17, 15) is 0 Å². The molecule has 0 saturated carbocycles. The van der Waals surface area contributed by atoms with Crippen LogP contribution in [0.1, 0.15) is 0 Å². The molecule has 5 N–H and O–H groups in total. The highest BCUT2D eigenvalue weighted by Gasteiger charge is 2.03. The molecule has 66 valence electrons. The molecule has 0 spiro atoms. The van der Waals surface area contributed by atoms with Crippen molar-refractivity contribution in [2.24, 2.45) is 0 Å². The van der Waals surface area contributed by atoms with Crippen LogP contribution in [0.15, 0.2) is 30.3 Å². The normalized spacial score (nSPS) is 10.2. The maximum absolute atomic E-state index is 5.77. The Morgan fingerprint density at radius 1 is 1.15 bits per heavy atom. The summed E-state index contributed by atoms with van der Waals surface area (Å²) in [4.78, 5) is 0. The van der Waals surface area contributed by atoms with Crippen LogP contribution in [-0.4, -0.2) is 10.2 Å². The summed E-state index contributed by atoms with van der Waals surface area (Å²) < 4.78 is 0. The maximum atomic E-state index is 5.77. The molecule has 0 atom stereocenters. The van der Waals surface area contributed by atoms with Crippen LogP contribution in [0, 0.1) is 0 Å². The molecule has 4 heteroatoms. The van der Waals surface area contributed by atoms with E-state index in [0.29, 0.717) is 11.5 Å². The second-order valence-electron chi connectivity index (χ2n) is 2.79. The first kappa shape index (κ1) is 7.67. The van der Waals surface area contributed by atoms with E-state index in [-0.39, 0.29) is 0 Å². The van der Waals surface area contributed by atoms with Crippen molar-refractivity contribution in [2.75, 3.05) is 11.5 Å². The van der Waals surface area contributed by atoms with Crippen LogP contribution in [-0.2, 0) is 0 Å². The smallest absolute Gasteiger partial charge is 0.145 e. The Hall–Kier alpha value is -1.97. The average molecular weight is 174 g/mol. The quantitative estimate of drug-likeness (QED) is 0.569. The topological polar surface area (TPSA) is 80.7 Å². The first-order chi connectivity index (χ1) is 6.27. The number of aromatic nitrogens is 2. The molecule has 0 aliphatic rings. The van der Waals surface area contributed by atoms with Crippen molar-refractivity contribution in [1.29, 1.82) is 0 Å². The van der Waals surface area contributed by atoms with Gasteiger partial charge in [0.1, 0.15) is 5.82 Å². The van der Waals surface area contributed by atoms with E-state index in [1.165, 1.54) is 0 Å². The summed E-state index contributed by atoms with van der Waals surface area (Å²) in [6, 6.07) is 9.32. The molecule has 1 heterocycles. The van der Waals surface area contributed by atoms with Crippen molar-refractivity contribution in [3.8, 4) is 11.3 Å². The Morgan fingerprint density at radius 3 is 2.54 bits per heavy atom. The van der Waals surface area contributed by atoms with Gasteiger partial charge >= 0.3 is 0 Å². The molecule has 0 bridgehead atoms. The molecule has 2 rings (SSSR count). The lowest BCUT2D eigenvalue weighted by molar-refractivity contribution is 1.10. The number of benzene rings is 1. The summed E-state index contributed by atoms with van der Waals surface area (Å²) in [5, 5.41) is 6.64. The first-order valence-electron chi connectivity index (χ1n) is 3.93. The van der Waals surface area contributed by atoms with Gasteiger partial charge in [0.2, 0.25) is 0 Å². The summed E-state index contributed by atoms with van der Waals surface area (Å²) in [6.45, 7) is 0.